The van der Waals surface area contributed by atoms with Gasteiger partial charge in [-0.25, -0.2) is 4.79 Å². The highest BCUT2D eigenvalue weighted by Crippen LogP contribution is 2.18. The van der Waals surface area contributed by atoms with E-state index in [1.165, 1.54) is 4.90 Å². The first-order valence-electron chi connectivity index (χ1n) is 7.48. The van der Waals surface area contributed by atoms with E-state index in [1.807, 2.05) is 13.8 Å². The summed E-state index contributed by atoms with van der Waals surface area (Å²) in [5, 5.41) is 11.7. The molecule has 0 spiro atoms. The summed E-state index contributed by atoms with van der Waals surface area (Å²) in [7, 11) is 0. The Labute approximate surface area is 136 Å². The summed E-state index contributed by atoms with van der Waals surface area (Å²) >= 11 is 4.09. The third kappa shape index (κ3) is 4.88. The van der Waals surface area contributed by atoms with Gasteiger partial charge in [-0.1, -0.05) is 13.8 Å². The quantitative estimate of drug-likeness (QED) is 0.485. The number of nitrogens with one attached hydrogen (secondary N) is 1. The number of aliphatic carboxylic acids is 1. The minimum Gasteiger partial charge on any atom is -0.480 e. The predicted octanol–water partition coefficient (Wildman–Crippen LogP) is -0.150. The molecule has 0 radical (unpaired) electrons. The lowest BCUT2D eigenvalue weighted by Gasteiger charge is -2.27. The maximum absolute atomic E-state index is 12.4. The van der Waals surface area contributed by atoms with E-state index in [0.29, 0.717) is 25.8 Å². The second-order valence-electron chi connectivity index (χ2n) is 6.01. The maximum Gasteiger partial charge on any atom is 0.326 e. The predicted molar refractivity (Wildman–Crippen MR) is 85.6 cm³/mol. The first kappa shape index (κ1) is 18.8. The van der Waals surface area contributed by atoms with Gasteiger partial charge < -0.3 is 21.1 Å². The zero-order valence-corrected chi connectivity index (χ0v) is 13.9. The van der Waals surface area contributed by atoms with Crippen LogP contribution in [-0.4, -0.2) is 58.2 Å². The minimum atomic E-state index is -1.02. The smallest absolute Gasteiger partial charge is 0.326 e. The molecule has 1 heterocycles. The number of amides is 2. The van der Waals surface area contributed by atoms with Gasteiger partial charge in [0.1, 0.15) is 12.1 Å². The summed E-state index contributed by atoms with van der Waals surface area (Å²) in [5.74, 6) is -1.48. The first-order chi connectivity index (χ1) is 10.3. The van der Waals surface area contributed by atoms with Gasteiger partial charge in [-0.15, -0.1) is 0 Å². The van der Waals surface area contributed by atoms with Crippen molar-refractivity contribution in [1.29, 1.82) is 0 Å². The molecule has 3 atom stereocenters. The van der Waals surface area contributed by atoms with Gasteiger partial charge in [0.25, 0.3) is 0 Å². The van der Waals surface area contributed by atoms with Crippen LogP contribution in [0.4, 0.5) is 0 Å². The Kier molecular flexibility index (Phi) is 7.15. The number of carboxylic acids is 1. The highest BCUT2D eigenvalue weighted by Gasteiger charge is 2.37. The van der Waals surface area contributed by atoms with Crippen molar-refractivity contribution in [1.82, 2.24) is 10.2 Å². The van der Waals surface area contributed by atoms with Crippen LogP contribution in [0.25, 0.3) is 0 Å². The Morgan fingerprint density at radius 1 is 1.41 bits per heavy atom. The average molecular weight is 331 g/mol. The molecule has 0 aromatic heterocycles. The molecule has 0 aromatic rings. The van der Waals surface area contributed by atoms with Crippen molar-refractivity contribution in [2.24, 2.45) is 11.7 Å². The summed E-state index contributed by atoms with van der Waals surface area (Å²) in [6.45, 7) is 4.29. The highest BCUT2D eigenvalue weighted by molar-refractivity contribution is 7.80. The van der Waals surface area contributed by atoms with Gasteiger partial charge in [-0.05, 0) is 25.2 Å². The number of hydrogen-bond donors (Lipinski definition) is 4. The van der Waals surface area contributed by atoms with E-state index in [9.17, 15) is 14.4 Å². The number of likely N-dealkylation sites (tertiary alicyclic amines) is 1. The zero-order chi connectivity index (χ0) is 16.9. The van der Waals surface area contributed by atoms with Crippen molar-refractivity contribution >= 4 is 30.4 Å². The van der Waals surface area contributed by atoms with Gasteiger partial charge in [-0.2, -0.15) is 12.6 Å². The second kappa shape index (κ2) is 8.38. The fourth-order valence-corrected chi connectivity index (χ4v) is 2.81. The van der Waals surface area contributed by atoms with Crippen LogP contribution < -0.4 is 11.1 Å². The van der Waals surface area contributed by atoms with E-state index in [-0.39, 0.29) is 11.7 Å². The average Bonchev–Trinajstić information content (AvgIpc) is 2.92. The number of hydrogen-bond acceptors (Lipinski definition) is 5. The molecule has 1 fully saturated rings. The van der Waals surface area contributed by atoms with Crippen LogP contribution >= 0.6 is 12.6 Å². The number of carbonyl (C=O) groups is 3. The third-order valence-electron chi connectivity index (χ3n) is 3.68. The van der Waals surface area contributed by atoms with E-state index in [2.05, 4.69) is 17.9 Å². The number of carbonyl (C=O) groups excluding carboxylic acids is 2. The van der Waals surface area contributed by atoms with Crippen LogP contribution in [0.2, 0.25) is 0 Å². The third-order valence-corrected chi connectivity index (χ3v) is 4.05. The van der Waals surface area contributed by atoms with Crippen LogP contribution in [0, 0.1) is 5.92 Å². The molecule has 126 valence electrons. The molecule has 0 bridgehead atoms. The maximum atomic E-state index is 12.4. The van der Waals surface area contributed by atoms with E-state index in [1.54, 1.807) is 0 Å². The lowest BCUT2D eigenvalue weighted by atomic mass is 10.0. The van der Waals surface area contributed by atoms with Crippen molar-refractivity contribution in [3.05, 3.63) is 0 Å². The first-order valence-corrected chi connectivity index (χ1v) is 8.11. The summed E-state index contributed by atoms with van der Waals surface area (Å²) in [6.07, 6.45) is 1.59. The second-order valence-corrected chi connectivity index (χ2v) is 6.37. The summed E-state index contributed by atoms with van der Waals surface area (Å²) in [4.78, 5) is 36.9. The van der Waals surface area contributed by atoms with Gasteiger partial charge in [0.15, 0.2) is 0 Å². The van der Waals surface area contributed by atoms with Crippen LogP contribution in [-0.2, 0) is 14.4 Å². The van der Waals surface area contributed by atoms with Gasteiger partial charge in [0, 0.05) is 12.3 Å². The molecular weight excluding hydrogens is 306 g/mol. The normalized spacial score (nSPS) is 20.8. The fourth-order valence-electron chi connectivity index (χ4n) is 2.57. The molecule has 22 heavy (non-hydrogen) atoms. The number of thiol groups is 1. The standard InChI is InChI=1S/C14H25N3O4S/c1-8(2)6-9(15)12(18)16-10(7-22)13(19)17-5-3-4-11(17)14(20)21/h8-11,22H,3-7,15H2,1-2H3,(H,16,18)(H,20,21)/t9-,10-,11+/m0/s1. The van der Waals surface area contributed by atoms with Crippen LogP contribution in [0.15, 0.2) is 0 Å². The summed E-state index contributed by atoms with van der Waals surface area (Å²) < 4.78 is 0. The number of rotatable bonds is 7. The van der Waals surface area contributed by atoms with Crippen LogP contribution in [0.3, 0.4) is 0 Å². The molecule has 2 amide bonds. The summed E-state index contributed by atoms with van der Waals surface area (Å²) in [5.41, 5.74) is 5.79. The van der Waals surface area contributed by atoms with Crippen molar-refractivity contribution < 1.29 is 19.5 Å². The molecule has 1 saturated heterocycles. The van der Waals surface area contributed by atoms with E-state index >= 15 is 0 Å². The molecule has 0 unspecified atom stereocenters. The lowest BCUT2D eigenvalue weighted by Crippen LogP contribution is -2.55. The van der Waals surface area contributed by atoms with Crippen molar-refractivity contribution in [3.8, 4) is 0 Å². The number of nitrogens with two attached hydrogens (primary N) is 1. The number of nitrogens with zero attached hydrogens (tertiary/aromatic N) is 1. The zero-order valence-electron chi connectivity index (χ0n) is 13.0. The Hall–Kier alpha value is -1.28. The Morgan fingerprint density at radius 2 is 2.05 bits per heavy atom. The van der Waals surface area contributed by atoms with Crippen molar-refractivity contribution in [2.75, 3.05) is 12.3 Å². The van der Waals surface area contributed by atoms with Gasteiger partial charge in [0.05, 0.1) is 6.04 Å². The van der Waals surface area contributed by atoms with E-state index in [0.717, 1.165) is 0 Å². The highest BCUT2D eigenvalue weighted by atomic mass is 32.1. The van der Waals surface area contributed by atoms with Gasteiger partial charge in [0.2, 0.25) is 11.8 Å². The van der Waals surface area contributed by atoms with Crippen LogP contribution in [0.1, 0.15) is 33.1 Å². The fraction of sp³-hybridized carbons (Fsp3) is 0.786. The monoisotopic (exact) mass is 331 g/mol. The number of carboxylic acid groups (broad SMARTS) is 1. The minimum absolute atomic E-state index is 0.0990. The topological polar surface area (TPSA) is 113 Å². The Balaban J connectivity index is 2.68. The van der Waals surface area contributed by atoms with Gasteiger partial charge >= 0.3 is 5.97 Å². The Morgan fingerprint density at radius 3 is 2.55 bits per heavy atom. The van der Waals surface area contributed by atoms with Crippen molar-refractivity contribution in [2.45, 2.75) is 51.2 Å². The van der Waals surface area contributed by atoms with Gasteiger partial charge in [-0.3, -0.25) is 9.59 Å². The molecule has 8 heteroatoms. The molecule has 0 aliphatic carbocycles. The molecular formula is C14H25N3O4S. The SMILES string of the molecule is CC(C)C[C@H](N)C(=O)N[C@@H](CS)C(=O)N1CCC[C@@H]1C(=O)O. The molecule has 0 aromatic carbocycles. The van der Waals surface area contributed by atoms with E-state index in [4.69, 9.17) is 10.8 Å². The van der Waals surface area contributed by atoms with Crippen molar-refractivity contribution in [3.63, 3.8) is 0 Å². The van der Waals surface area contributed by atoms with Crippen LogP contribution in [0.5, 0.6) is 0 Å². The summed E-state index contributed by atoms with van der Waals surface area (Å²) in [6, 6.07) is -2.37. The lowest BCUT2D eigenvalue weighted by molar-refractivity contribution is -0.149. The largest absolute Gasteiger partial charge is 0.480 e. The molecule has 1 aliphatic heterocycles. The molecule has 1 aliphatic rings. The molecule has 4 N–H and O–H groups in total. The molecule has 0 saturated carbocycles. The molecule has 7 nitrogen and oxygen atoms in total. The molecule has 1 rings (SSSR count). The van der Waals surface area contributed by atoms with E-state index < -0.39 is 35.9 Å². The Bertz CT molecular complexity index is 430.